The lowest BCUT2D eigenvalue weighted by Crippen LogP contribution is -2.28. The Morgan fingerprint density at radius 2 is 2.19 bits per heavy atom. The van der Waals surface area contributed by atoms with Crippen molar-refractivity contribution in [2.75, 3.05) is 11.9 Å². The molecule has 1 fully saturated rings. The summed E-state index contributed by atoms with van der Waals surface area (Å²) in [5.74, 6) is 0.470. The van der Waals surface area contributed by atoms with Crippen LogP contribution in [-0.4, -0.2) is 16.1 Å². The Bertz CT molecular complexity index is 419. The molecule has 0 aromatic carbocycles. The molecule has 88 valence electrons. The lowest BCUT2D eigenvalue weighted by Gasteiger charge is -2.23. The largest absolute Gasteiger partial charge is 0.365 e. The van der Waals surface area contributed by atoms with Crippen molar-refractivity contribution in [3.8, 4) is 0 Å². The first-order chi connectivity index (χ1) is 7.61. The van der Waals surface area contributed by atoms with E-state index in [0.29, 0.717) is 11.2 Å². The van der Waals surface area contributed by atoms with Crippen molar-refractivity contribution >= 4 is 5.82 Å². The molecule has 1 aromatic heterocycles. The fourth-order valence-corrected chi connectivity index (χ4v) is 2.32. The number of aryl methyl sites for hydroxylation is 1. The maximum atomic E-state index is 11.7. The van der Waals surface area contributed by atoms with Gasteiger partial charge < -0.3 is 9.88 Å². The number of rotatable bonds is 3. The second-order valence-corrected chi connectivity index (χ2v) is 5.06. The van der Waals surface area contributed by atoms with E-state index in [1.807, 2.05) is 0 Å². The SMILES string of the molecule is Cn1ccnc(NCC2(C)CCCC2)c1=O. The van der Waals surface area contributed by atoms with E-state index in [2.05, 4.69) is 17.2 Å². The van der Waals surface area contributed by atoms with Crippen LogP contribution in [0.1, 0.15) is 32.6 Å². The summed E-state index contributed by atoms with van der Waals surface area (Å²) < 4.78 is 1.55. The standard InChI is InChI=1S/C12H19N3O/c1-12(5-3-4-6-12)9-14-10-11(16)15(2)8-7-13-10/h7-8H,3-6,9H2,1-2H3,(H,13,14). The van der Waals surface area contributed by atoms with Gasteiger partial charge in [0.15, 0.2) is 5.82 Å². The third kappa shape index (κ3) is 2.26. The maximum absolute atomic E-state index is 11.7. The van der Waals surface area contributed by atoms with Gasteiger partial charge in [0.25, 0.3) is 5.56 Å². The Balaban J connectivity index is 2.05. The molecule has 0 radical (unpaired) electrons. The fourth-order valence-electron chi connectivity index (χ4n) is 2.32. The van der Waals surface area contributed by atoms with Gasteiger partial charge in [0.2, 0.25) is 0 Å². The maximum Gasteiger partial charge on any atom is 0.293 e. The second kappa shape index (κ2) is 4.28. The van der Waals surface area contributed by atoms with Crippen molar-refractivity contribution in [3.05, 3.63) is 22.7 Å². The lowest BCUT2D eigenvalue weighted by molar-refractivity contribution is 0.361. The summed E-state index contributed by atoms with van der Waals surface area (Å²) in [5, 5.41) is 3.19. The first kappa shape index (κ1) is 11.2. The van der Waals surface area contributed by atoms with Gasteiger partial charge in [-0.2, -0.15) is 0 Å². The van der Waals surface area contributed by atoms with Crippen molar-refractivity contribution in [2.45, 2.75) is 32.6 Å². The van der Waals surface area contributed by atoms with E-state index in [1.54, 1.807) is 24.0 Å². The Morgan fingerprint density at radius 1 is 1.50 bits per heavy atom. The highest BCUT2D eigenvalue weighted by Gasteiger charge is 2.28. The molecule has 0 unspecified atom stereocenters. The zero-order chi connectivity index (χ0) is 11.6. The second-order valence-electron chi connectivity index (χ2n) is 5.06. The average molecular weight is 221 g/mol. The van der Waals surface area contributed by atoms with Gasteiger partial charge in [0.1, 0.15) is 0 Å². The van der Waals surface area contributed by atoms with Crippen LogP contribution < -0.4 is 10.9 Å². The van der Waals surface area contributed by atoms with Crippen molar-refractivity contribution in [1.82, 2.24) is 9.55 Å². The molecule has 1 aromatic rings. The van der Waals surface area contributed by atoms with Crippen LogP contribution >= 0.6 is 0 Å². The quantitative estimate of drug-likeness (QED) is 0.846. The summed E-state index contributed by atoms with van der Waals surface area (Å²) in [6.45, 7) is 3.12. The van der Waals surface area contributed by atoms with E-state index in [1.165, 1.54) is 25.7 Å². The molecule has 0 spiro atoms. The van der Waals surface area contributed by atoms with E-state index in [9.17, 15) is 4.79 Å². The topological polar surface area (TPSA) is 46.9 Å². The highest BCUT2D eigenvalue weighted by molar-refractivity contribution is 5.31. The minimum Gasteiger partial charge on any atom is -0.365 e. The first-order valence-corrected chi connectivity index (χ1v) is 5.86. The molecule has 2 rings (SSSR count). The summed E-state index contributed by atoms with van der Waals surface area (Å²) >= 11 is 0. The normalized spacial score (nSPS) is 18.6. The van der Waals surface area contributed by atoms with Crippen LogP contribution in [0.3, 0.4) is 0 Å². The predicted molar refractivity (Wildman–Crippen MR) is 64.5 cm³/mol. The summed E-state index contributed by atoms with van der Waals surface area (Å²) in [6.07, 6.45) is 8.42. The van der Waals surface area contributed by atoms with E-state index >= 15 is 0 Å². The van der Waals surface area contributed by atoms with Crippen molar-refractivity contribution < 1.29 is 0 Å². The van der Waals surface area contributed by atoms with E-state index in [0.717, 1.165) is 6.54 Å². The fraction of sp³-hybridized carbons (Fsp3) is 0.667. The number of anilines is 1. The van der Waals surface area contributed by atoms with Crippen LogP contribution in [0, 0.1) is 5.41 Å². The molecule has 0 atom stereocenters. The van der Waals surface area contributed by atoms with Crippen LogP contribution in [0.25, 0.3) is 0 Å². The first-order valence-electron chi connectivity index (χ1n) is 5.86. The number of hydrogen-bond donors (Lipinski definition) is 1. The van der Waals surface area contributed by atoms with Gasteiger partial charge in [0, 0.05) is 26.0 Å². The van der Waals surface area contributed by atoms with Gasteiger partial charge in [-0.15, -0.1) is 0 Å². The summed E-state index contributed by atoms with van der Waals surface area (Å²) in [4.78, 5) is 15.8. The molecule has 0 amide bonds. The van der Waals surface area contributed by atoms with Crippen molar-refractivity contribution in [2.24, 2.45) is 12.5 Å². The third-order valence-corrected chi connectivity index (χ3v) is 3.51. The third-order valence-electron chi connectivity index (χ3n) is 3.51. The summed E-state index contributed by atoms with van der Waals surface area (Å²) in [5.41, 5.74) is 0.284. The van der Waals surface area contributed by atoms with Gasteiger partial charge in [0.05, 0.1) is 0 Å². The zero-order valence-electron chi connectivity index (χ0n) is 9.99. The monoisotopic (exact) mass is 221 g/mol. The molecular weight excluding hydrogens is 202 g/mol. The van der Waals surface area contributed by atoms with Crippen LogP contribution in [0.2, 0.25) is 0 Å². The zero-order valence-corrected chi connectivity index (χ0v) is 9.99. The molecule has 1 heterocycles. The molecule has 0 aliphatic heterocycles. The van der Waals surface area contributed by atoms with Gasteiger partial charge in [-0.25, -0.2) is 4.98 Å². The summed E-state index contributed by atoms with van der Waals surface area (Å²) in [6, 6.07) is 0. The smallest absolute Gasteiger partial charge is 0.293 e. The van der Waals surface area contributed by atoms with Crippen LogP contribution in [0.4, 0.5) is 5.82 Å². The predicted octanol–water partition coefficient (Wildman–Crippen LogP) is 1.77. The number of hydrogen-bond acceptors (Lipinski definition) is 3. The molecule has 4 heteroatoms. The van der Waals surface area contributed by atoms with Gasteiger partial charge >= 0.3 is 0 Å². The van der Waals surface area contributed by atoms with E-state index < -0.39 is 0 Å². The highest BCUT2D eigenvalue weighted by atomic mass is 16.1. The molecular formula is C12H19N3O. The van der Waals surface area contributed by atoms with Gasteiger partial charge in [-0.3, -0.25) is 4.79 Å². The Labute approximate surface area is 95.7 Å². The molecule has 4 nitrogen and oxygen atoms in total. The minimum absolute atomic E-state index is 0.0518. The Morgan fingerprint density at radius 3 is 2.88 bits per heavy atom. The molecule has 0 saturated heterocycles. The highest BCUT2D eigenvalue weighted by Crippen LogP contribution is 2.37. The van der Waals surface area contributed by atoms with Crippen LogP contribution in [0.5, 0.6) is 0 Å². The molecule has 1 N–H and O–H groups in total. The molecule has 16 heavy (non-hydrogen) atoms. The Hall–Kier alpha value is -1.32. The molecule has 1 aliphatic rings. The molecule has 0 bridgehead atoms. The lowest BCUT2D eigenvalue weighted by atomic mass is 9.89. The van der Waals surface area contributed by atoms with Crippen molar-refractivity contribution in [1.29, 1.82) is 0 Å². The van der Waals surface area contributed by atoms with Crippen LogP contribution in [0.15, 0.2) is 17.2 Å². The number of nitrogens with zero attached hydrogens (tertiary/aromatic N) is 2. The average Bonchev–Trinajstić information content (AvgIpc) is 2.68. The minimum atomic E-state index is -0.0518. The Kier molecular flexibility index (Phi) is 2.99. The summed E-state index contributed by atoms with van der Waals surface area (Å²) in [7, 11) is 1.74. The van der Waals surface area contributed by atoms with Crippen LogP contribution in [-0.2, 0) is 7.05 Å². The number of nitrogens with one attached hydrogen (secondary N) is 1. The van der Waals surface area contributed by atoms with Gasteiger partial charge in [-0.1, -0.05) is 19.8 Å². The number of aromatic nitrogens is 2. The molecule has 1 saturated carbocycles. The molecule has 1 aliphatic carbocycles. The van der Waals surface area contributed by atoms with E-state index in [4.69, 9.17) is 0 Å². The van der Waals surface area contributed by atoms with E-state index in [-0.39, 0.29) is 5.56 Å². The van der Waals surface area contributed by atoms with Crippen molar-refractivity contribution in [3.63, 3.8) is 0 Å². The van der Waals surface area contributed by atoms with Gasteiger partial charge in [-0.05, 0) is 18.3 Å².